The number of H-pyrrole nitrogens is 1. The van der Waals surface area contributed by atoms with Gasteiger partial charge in [-0.05, 0) is 24.9 Å². The number of hydrogen-bond donors (Lipinski definition) is 2. The van der Waals surface area contributed by atoms with Crippen molar-refractivity contribution < 1.29 is 4.74 Å². The molecule has 1 aliphatic rings. The molecule has 5 nitrogen and oxygen atoms in total. The molecule has 0 bridgehead atoms. The minimum atomic E-state index is 0.323. The van der Waals surface area contributed by atoms with Crippen LogP contribution in [0.15, 0.2) is 36.5 Å². The average molecular weight is 294 g/mol. The van der Waals surface area contributed by atoms with Crippen molar-refractivity contribution >= 4 is 11.2 Å². The quantitative estimate of drug-likeness (QED) is 0.758. The highest BCUT2D eigenvalue weighted by atomic mass is 16.5. The van der Waals surface area contributed by atoms with Gasteiger partial charge in [0.05, 0.1) is 17.9 Å². The highest BCUT2D eigenvalue weighted by molar-refractivity contribution is 5.93. The van der Waals surface area contributed by atoms with Crippen LogP contribution < -0.4 is 10.5 Å². The van der Waals surface area contributed by atoms with Gasteiger partial charge in [-0.25, -0.2) is 9.97 Å². The zero-order valence-electron chi connectivity index (χ0n) is 12.2. The number of nitrogens with zero attached hydrogens (tertiary/aromatic N) is 2. The van der Waals surface area contributed by atoms with Gasteiger partial charge >= 0.3 is 0 Å². The number of imidazole rings is 1. The van der Waals surface area contributed by atoms with Gasteiger partial charge in [-0.3, -0.25) is 0 Å². The maximum absolute atomic E-state index is 6.05. The Hall–Kier alpha value is -2.40. The molecule has 0 unspecified atom stereocenters. The summed E-state index contributed by atoms with van der Waals surface area (Å²) >= 11 is 0. The first kappa shape index (κ1) is 13.3. The molecule has 0 saturated heterocycles. The van der Waals surface area contributed by atoms with Gasteiger partial charge in [-0.1, -0.05) is 30.3 Å². The Kier molecular flexibility index (Phi) is 3.27. The van der Waals surface area contributed by atoms with Gasteiger partial charge in [0, 0.05) is 6.42 Å². The minimum absolute atomic E-state index is 0.323. The van der Waals surface area contributed by atoms with Crippen LogP contribution in [0, 0.1) is 0 Å². The Balaban J connectivity index is 1.90. The fourth-order valence-electron chi connectivity index (χ4n) is 2.58. The average Bonchev–Trinajstić information content (AvgIpc) is 3.26. The summed E-state index contributed by atoms with van der Waals surface area (Å²) in [4.78, 5) is 12.4. The third-order valence-corrected chi connectivity index (χ3v) is 3.79. The summed E-state index contributed by atoms with van der Waals surface area (Å²) in [6, 6.07) is 10.2. The Morgan fingerprint density at radius 2 is 2.05 bits per heavy atom. The van der Waals surface area contributed by atoms with E-state index >= 15 is 0 Å². The van der Waals surface area contributed by atoms with Crippen molar-refractivity contribution in [1.29, 1.82) is 0 Å². The van der Waals surface area contributed by atoms with E-state index < -0.39 is 0 Å². The van der Waals surface area contributed by atoms with Gasteiger partial charge in [-0.15, -0.1) is 0 Å². The molecule has 2 heterocycles. The van der Waals surface area contributed by atoms with E-state index in [1.54, 1.807) is 6.20 Å². The van der Waals surface area contributed by atoms with E-state index in [0.29, 0.717) is 19.1 Å². The number of benzene rings is 1. The van der Waals surface area contributed by atoms with E-state index in [1.165, 1.54) is 0 Å². The fourth-order valence-corrected chi connectivity index (χ4v) is 2.58. The van der Waals surface area contributed by atoms with Crippen LogP contribution in [0.4, 0.5) is 0 Å². The lowest BCUT2D eigenvalue weighted by Crippen LogP contribution is -2.03. The molecule has 0 aliphatic heterocycles. The molecule has 1 aliphatic carbocycles. The van der Waals surface area contributed by atoms with Crippen molar-refractivity contribution in [3.05, 3.63) is 42.4 Å². The number of hydrogen-bond acceptors (Lipinski definition) is 4. The van der Waals surface area contributed by atoms with E-state index in [-0.39, 0.29) is 0 Å². The van der Waals surface area contributed by atoms with Gasteiger partial charge in [0.25, 0.3) is 0 Å². The summed E-state index contributed by atoms with van der Waals surface area (Å²) in [6.45, 7) is 0.561. The van der Waals surface area contributed by atoms with Crippen LogP contribution in [-0.2, 0) is 6.42 Å². The van der Waals surface area contributed by atoms with Gasteiger partial charge in [0.15, 0.2) is 5.65 Å². The highest BCUT2D eigenvalue weighted by Gasteiger charge is 2.26. The summed E-state index contributed by atoms with van der Waals surface area (Å²) in [5.74, 6) is 1.68. The van der Waals surface area contributed by atoms with E-state index in [2.05, 4.69) is 27.1 Å². The van der Waals surface area contributed by atoms with Crippen molar-refractivity contribution in [3.63, 3.8) is 0 Å². The summed E-state index contributed by atoms with van der Waals surface area (Å²) in [5.41, 5.74) is 9.37. The maximum Gasteiger partial charge on any atom is 0.158 e. The number of rotatable bonds is 5. The Labute approximate surface area is 128 Å². The number of nitrogens with one attached hydrogen (secondary N) is 1. The largest absolute Gasteiger partial charge is 0.488 e. The predicted molar refractivity (Wildman–Crippen MR) is 85.7 cm³/mol. The van der Waals surface area contributed by atoms with Crippen LogP contribution >= 0.6 is 0 Å². The van der Waals surface area contributed by atoms with Gasteiger partial charge in [-0.2, -0.15) is 0 Å². The molecule has 22 heavy (non-hydrogen) atoms. The summed E-state index contributed by atoms with van der Waals surface area (Å²) in [5, 5.41) is 0. The number of nitrogens with two attached hydrogens (primary N) is 1. The topological polar surface area (TPSA) is 76.8 Å². The lowest BCUT2D eigenvalue weighted by atomic mass is 10.1. The second-order valence-electron chi connectivity index (χ2n) is 5.60. The molecule has 0 atom stereocenters. The molecule has 1 aromatic carbocycles. The Morgan fingerprint density at radius 3 is 2.77 bits per heavy atom. The minimum Gasteiger partial charge on any atom is -0.488 e. The number of ether oxygens (including phenoxy) is 1. The second-order valence-corrected chi connectivity index (χ2v) is 5.60. The first-order valence-electron chi connectivity index (χ1n) is 7.65. The smallest absolute Gasteiger partial charge is 0.158 e. The Morgan fingerprint density at radius 1 is 1.23 bits per heavy atom. The molecule has 0 radical (unpaired) electrons. The van der Waals surface area contributed by atoms with Crippen LogP contribution in [0.5, 0.6) is 5.75 Å². The summed E-state index contributed by atoms with van der Waals surface area (Å²) in [6.07, 6.45) is 5.07. The zero-order valence-corrected chi connectivity index (χ0v) is 12.2. The molecule has 5 heteroatoms. The van der Waals surface area contributed by atoms with Crippen LogP contribution in [0.25, 0.3) is 22.3 Å². The summed E-state index contributed by atoms with van der Waals surface area (Å²) in [7, 11) is 0. The molecule has 3 N–H and O–H groups in total. The van der Waals surface area contributed by atoms with Crippen molar-refractivity contribution in [2.75, 3.05) is 6.54 Å². The number of aromatic nitrogens is 3. The molecule has 3 aromatic rings. The first-order chi connectivity index (χ1) is 10.8. The molecule has 2 aromatic heterocycles. The molecule has 1 fully saturated rings. The molecular weight excluding hydrogens is 276 g/mol. The Bertz CT molecular complexity index is 793. The number of pyridine rings is 1. The van der Waals surface area contributed by atoms with Crippen molar-refractivity contribution in [3.8, 4) is 16.9 Å². The first-order valence-corrected chi connectivity index (χ1v) is 7.65. The second kappa shape index (κ2) is 5.42. The molecule has 0 amide bonds. The van der Waals surface area contributed by atoms with E-state index in [1.807, 2.05) is 18.2 Å². The van der Waals surface area contributed by atoms with E-state index in [4.69, 9.17) is 10.5 Å². The van der Waals surface area contributed by atoms with Crippen LogP contribution in [-0.4, -0.2) is 27.6 Å². The fraction of sp³-hybridized carbons (Fsp3) is 0.294. The van der Waals surface area contributed by atoms with Crippen molar-refractivity contribution in [2.24, 2.45) is 5.73 Å². The van der Waals surface area contributed by atoms with Crippen molar-refractivity contribution in [2.45, 2.75) is 25.4 Å². The third-order valence-electron chi connectivity index (χ3n) is 3.79. The number of fused-ring (bicyclic) bond motifs is 1. The lowest BCUT2D eigenvalue weighted by Gasteiger charge is -2.11. The predicted octanol–water partition coefficient (Wildman–Crippen LogP) is 2.67. The molecule has 4 rings (SSSR count). The van der Waals surface area contributed by atoms with E-state index in [0.717, 1.165) is 46.7 Å². The van der Waals surface area contributed by atoms with Gasteiger partial charge < -0.3 is 15.5 Å². The molecular formula is C17H18N4O. The standard InChI is InChI=1S/C17H18N4O/c18-9-8-14-20-16-15(11-4-2-1-3-5-11)13(22-12-6-7-12)10-19-17(16)21-14/h1-5,10,12H,6-9,18H2,(H,19,20,21). The summed E-state index contributed by atoms with van der Waals surface area (Å²) < 4.78 is 6.05. The normalized spacial score (nSPS) is 14.4. The number of aromatic amines is 1. The highest BCUT2D eigenvalue weighted by Crippen LogP contribution is 2.38. The third kappa shape index (κ3) is 2.44. The molecule has 1 saturated carbocycles. The monoisotopic (exact) mass is 294 g/mol. The SMILES string of the molecule is NCCc1nc2c(-c3ccccc3)c(OC3CC3)cnc2[nH]1. The van der Waals surface area contributed by atoms with Crippen molar-refractivity contribution in [1.82, 2.24) is 15.0 Å². The van der Waals surface area contributed by atoms with E-state index in [9.17, 15) is 0 Å². The molecule has 112 valence electrons. The van der Waals surface area contributed by atoms with Gasteiger partial charge in [0.1, 0.15) is 17.1 Å². The van der Waals surface area contributed by atoms with Crippen LogP contribution in [0.3, 0.4) is 0 Å². The molecule has 0 spiro atoms. The maximum atomic E-state index is 6.05. The van der Waals surface area contributed by atoms with Crippen LogP contribution in [0.1, 0.15) is 18.7 Å². The lowest BCUT2D eigenvalue weighted by molar-refractivity contribution is 0.304. The zero-order chi connectivity index (χ0) is 14.9. The van der Waals surface area contributed by atoms with Gasteiger partial charge in [0.2, 0.25) is 0 Å². The van der Waals surface area contributed by atoms with Crippen LogP contribution in [0.2, 0.25) is 0 Å².